The van der Waals surface area contributed by atoms with E-state index in [1.165, 1.54) is 0 Å². The lowest BCUT2D eigenvalue weighted by Crippen LogP contribution is -2.20. The Labute approximate surface area is 95.6 Å². The van der Waals surface area contributed by atoms with Gasteiger partial charge in [-0.15, -0.1) is 0 Å². The molecule has 0 aromatic carbocycles. The summed E-state index contributed by atoms with van der Waals surface area (Å²) in [4.78, 5) is 12.4. The molecule has 0 spiro atoms. The summed E-state index contributed by atoms with van der Waals surface area (Å²) in [5.41, 5.74) is 0.612. The van der Waals surface area contributed by atoms with E-state index in [1.54, 1.807) is 25.0 Å². The normalized spacial score (nSPS) is 24.7. The highest BCUT2D eigenvalue weighted by molar-refractivity contribution is 5.99. The number of ketones is 1. The second kappa shape index (κ2) is 4.28. The number of nitrogens with zero attached hydrogens (tertiary/aromatic N) is 2. The van der Waals surface area contributed by atoms with Gasteiger partial charge in [0.2, 0.25) is 0 Å². The average Bonchev–Trinajstić information content (AvgIpc) is 2.83. The van der Waals surface area contributed by atoms with Crippen LogP contribution in [0.2, 0.25) is 0 Å². The first-order valence-electron chi connectivity index (χ1n) is 5.75. The number of aryl methyl sites for hydroxylation is 1. The van der Waals surface area contributed by atoms with Gasteiger partial charge >= 0.3 is 0 Å². The van der Waals surface area contributed by atoms with E-state index in [9.17, 15) is 4.79 Å². The van der Waals surface area contributed by atoms with E-state index in [4.69, 9.17) is 4.74 Å². The Kier molecular flexibility index (Phi) is 2.99. The maximum absolute atomic E-state index is 12.4. The Morgan fingerprint density at radius 2 is 2.31 bits per heavy atom. The molecule has 4 heteroatoms. The van der Waals surface area contributed by atoms with Crippen molar-refractivity contribution in [3.05, 3.63) is 11.9 Å². The average molecular weight is 222 g/mol. The fourth-order valence-corrected chi connectivity index (χ4v) is 2.56. The molecule has 1 heterocycles. The third-order valence-electron chi connectivity index (χ3n) is 3.56. The van der Waals surface area contributed by atoms with Crippen LogP contribution in [0.1, 0.15) is 36.7 Å². The van der Waals surface area contributed by atoms with E-state index in [2.05, 4.69) is 12.0 Å². The van der Waals surface area contributed by atoms with E-state index < -0.39 is 0 Å². The zero-order valence-electron chi connectivity index (χ0n) is 10.1. The summed E-state index contributed by atoms with van der Waals surface area (Å²) in [6, 6.07) is 0. The zero-order chi connectivity index (χ0) is 11.7. The van der Waals surface area contributed by atoms with Crippen molar-refractivity contribution in [1.82, 2.24) is 9.78 Å². The number of hydrogen-bond donors (Lipinski definition) is 0. The number of rotatable bonds is 3. The Balaban J connectivity index is 2.29. The summed E-state index contributed by atoms with van der Waals surface area (Å²) in [6.07, 6.45) is 4.90. The molecular formula is C12H18N2O2. The molecular weight excluding hydrogens is 204 g/mol. The lowest BCUT2D eigenvalue weighted by atomic mass is 9.91. The lowest BCUT2D eigenvalue weighted by molar-refractivity contribution is 0.0884. The first-order valence-corrected chi connectivity index (χ1v) is 5.75. The van der Waals surface area contributed by atoms with Gasteiger partial charge in [-0.3, -0.25) is 9.48 Å². The monoisotopic (exact) mass is 222 g/mol. The van der Waals surface area contributed by atoms with Gasteiger partial charge in [-0.1, -0.05) is 13.3 Å². The van der Waals surface area contributed by atoms with Crippen molar-refractivity contribution in [1.29, 1.82) is 0 Å². The maximum atomic E-state index is 12.4. The first kappa shape index (κ1) is 11.2. The summed E-state index contributed by atoms with van der Waals surface area (Å²) in [7, 11) is 3.36. The van der Waals surface area contributed by atoms with E-state index in [0.717, 1.165) is 19.3 Å². The molecule has 4 nitrogen and oxygen atoms in total. The Morgan fingerprint density at radius 1 is 1.56 bits per heavy atom. The van der Waals surface area contributed by atoms with Gasteiger partial charge in [-0.05, 0) is 18.8 Å². The smallest absolute Gasteiger partial charge is 0.187 e. The van der Waals surface area contributed by atoms with Crippen LogP contribution in [0.5, 0.6) is 5.75 Å². The molecule has 0 N–H and O–H groups in total. The Morgan fingerprint density at radius 3 is 2.88 bits per heavy atom. The molecule has 16 heavy (non-hydrogen) atoms. The van der Waals surface area contributed by atoms with Gasteiger partial charge in [0.1, 0.15) is 5.69 Å². The van der Waals surface area contributed by atoms with Crippen molar-refractivity contribution in [2.75, 3.05) is 7.11 Å². The van der Waals surface area contributed by atoms with Gasteiger partial charge in [0.15, 0.2) is 11.5 Å². The Hall–Kier alpha value is -1.32. The number of methoxy groups -OCH3 is 1. The molecule has 0 aliphatic heterocycles. The minimum absolute atomic E-state index is 0.143. The highest BCUT2D eigenvalue weighted by Crippen LogP contribution is 2.35. The van der Waals surface area contributed by atoms with Crippen LogP contribution >= 0.6 is 0 Å². The maximum Gasteiger partial charge on any atom is 0.187 e. The van der Waals surface area contributed by atoms with Crippen molar-refractivity contribution in [3.8, 4) is 5.75 Å². The fraction of sp³-hybridized carbons (Fsp3) is 0.667. The van der Waals surface area contributed by atoms with Crippen LogP contribution in [0.15, 0.2) is 6.20 Å². The van der Waals surface area contributed by atoms with Crippen molar-refractivity contribution in [3.63, 3.8) is 0 Å². The van der Waals surface area contributed by atoms with E-state index in [-0.39, 0.29) is 11.7 Å². The Bertz CT molecular complexity index is 398. The summed E-state index contributed by atoms with van der Waals surface area (Å²) in [5.74, 6) is 1.39. The number of aromatic nitrogens is 2. The fourth-order valence-electron chi connectivity index (χ4n) is 2.56. The van der Waals surface area contributed by atoms with E-state index in [1.807, 2.05) is 0 Å². The number of carbonyl (C=O) groups excluding carboxylic acids is 1. The first-order chi connectivity index (χ1) is 7.65. The highest BCUT2D eigenvalue weighted by atomic mass is 16.5. The van der Waals surface area contributed by atoms with Crippen LogP contribution < -0.4 is 4.74 Å². The molecule has 1 aromatic heterocycles. The molecule has 1 saturated carbocycles. The van der Waals surface area contributed by atoms with Crippen molar-refractivity contribution >= 4 is 5.78 Å². The lowest BCUT2D eigenvalue weighted by Gasteiger charge is -2.14. The van der Waals surface area contributed by atoms with Crippen LogP contribution in [-0.2, 0) is 7.05 Å². The van der Waals surface area contributed by atoms with Gasteiger partial charge in [0.25, 0.3) is 0 Å². The summed E-state index contributed by atoms with van der Waals surface area (Å²) in [6.45, 7) is 2.15. The van der Waals surface area contributed by atoms with Gasteiger partial charge in [-0.2, -0.15) is 5.10 Å². The van der Waals surface area contributed by atoms with E-state index >= 15 is 0 Å². The van der Waals surface area contributed by atoms with Crippen molar-refractivity contribution in [2.45, 2.75) is 26.2 Å². The SMILES string of the molecule is COc1cnn(C)c1C(=O)C1CCCC1C. The van der Waals surface area contributed by atoms with Crippen molar-refractivity contribution in [2.24, 2.45) is 18.9 Å². The number of ether oxygens (including phenoxy) is 1. The molecule has 2 unspecified atom stereocenters. The summed E-state index contributed by atoms with van der Waals surface area (Å²) in [5, 5.41) is 4.08. The number of carbonyl (C=O) groups is 1. The van der Waals surface area contributed by atoms with Gasteiger partial charge in [-0.25, -0.2) is 0 Å². The largest absolute Gasteiger partial charge is 0.493 e. The van der Waals surface area contributed by atoms with Gasteiger partial charge < -0.3 is 4.74 Å². The van der Waals surface area contributed by atoms with Crippen molar-refractivity contribution < 1.29 is 9.53 Å². The minimum atomic E-state index is 0.143. The van der Waals surface area contributed by atoms with Gasteiger partial charge in [0, 0.05) is 13.0 Å². The molecule has 0 amide bonds. The van der Waals surface area contributed by atoms with Crippen LogP contribution in [0.25, 0.3) is 0 Å². The quantitative estimate of drug-likeness (QED) is 0.735. The van der Waals surface area contributed by atoms with Crippen LogP contribution in [0.3, 0.4) is 0 Å². The molecule has 2 atom stereocenters. The molecule has 1 aliphatic carbocycles. The summed E-state index contributed by atoms with van der Waals surface area (Å²) < 4.78 is 6.80. The molecule has 1 aromatic rings. The van der Waals surface area contributed by atoms with Crippen LogP contribution in [0.4, 0.5) is 0 Å². The molecule has 1 fully saturated rings. The van der Waals surface area contributed by atoms with Crippen LogP contribution in [-0.4, -0.2) is 22.7 Å². The predicted octanol–water partition coefficient (Wildman–Crippen LogP) is 2.05. The minimum Gasteiger partial charge on any atom is -0.493 e. The molecule has 88 valence electrons. The topological polar surface area (TPSA) is 44.1 Å². The second-order valence-electron chi connectivity index (χ2n) is 4.56. The molecule has 2 rings (SSSR count). The third kappa shape index (κ3) is 1.72. The third-order valence-corrected chi connectivity index (χ3v) is 3.56. The number of hydrogen-bond acceptors (Lipinski definition) is 3. The number of Topliss-reactive ketones (excluding diaryl/α,β-unsaturated/α-hetero) is 1. The van der Waals surface area contributed by atoms with Gasteiger partial charge in [0.05, 0.1) is 13.3 Å². The molecule has 1 aliphatic rings. The zero-order valence-corrected chi connectivity index (χ0v) is 10.1. The highest BCUT2D eigenvalue weighted by Gasteiger charge is 2.33. The summed E-state index contributed by atoms with van der Waals surface area (Å²) >= 11 is 0. The predicted molar refractivity (Wildman–Crippen MR) is 60.6 cm³/mol. The van der Waals surface area contributed by atoms with Crippen LogP contribution in [0, 0.1) is 11.8 Å². The standard InChI is InChI=1S/C12H18N2O2/c1-8-5-4-6-9(8)12(15)11-10(16-3)7-13-14(11)2/h7-9H,4-6H2,1-3H3. The molecule has 0 saturated heterocycles. The molecule has 0 radical (unpaired) electrons. The molecule has 0 bridgehead atoms. The van der Waals surface area contributed by atoms with E-state index in [0.29, 0.717) is 17.4 Å². The second-order valence-corrected chi connectivity index (χ2v) is 4.56.